The first kappa shape index (κ1) is 12.9. The summed E-state index contributed by atoms with van der Waals surface area (Å²) in [7, 11) is 0. The lowest BCUT2D eigenvalue weighted by molar-refractivity contribution is -0.116. The normalized spacial score (nSPS) is 10.2. The van der Waals surface area contributed by atoms with Gasteiger partial charge < -0.3 is 10.4 Å². The van der Waals surface area contributed by atoms with Crippen LogP contribution in [0.5, 0.6) is 0 Å². The molecule has 0 saturated carbocycles. The molecule has 3 nitrogen and oxygen atoms in total. The molecule has 0 saturated heterocycles. The molecule has 0 fully saturated rings. The Labute approximate surface area is 98.2 Å². The van der Waals surface area contributed by atoms with Crippen LogP contribution in [-0.4, -0.2) is 17.6 Å². The van der Waals surface area contributed by atoms with E-state index in [1.165, 1.54) is 18.2 Å². The van der Waals surface area contributed by atoms with Gasteiger partial charge in [-0.2, -0.15) is 0 Å². The summed E-state index contributed by atoms with van der Waals surface area (Å²) < 4.78 is 13.0. The number of unbranched alkanes of at least 4 members (excludes halogenated alkanes) is 1. The fourth-order valence-electron chi connectivity index (χ4n) is 1.19. The highest BCUT2D eigenvalue weighted by molar-refractivity contribution is 6.30. The van der Waals surface area contributed by atoms with Gasteiger partial charge in [-0.3, -0.25) is 4.79 Å². The molecule has 1 aromatic rings. The number of aliphatic hydroxyl groups excluding tert-OH is 1. The Morgan fingerprint density at radius 3 is 2.81 bits per heavy atom. The van der Waals surface area contributed by atoms with Gasteiger partial charge >= 0.3 is 0 Å². The van der Waals surface area contributed by atoms with Crippen molar-refractivity contribution in [3.05, 3.63) is 29.0 Å². The molecule has 0 radical (unpaired) electrons. The molecule has 1 rings (SSSR count). The van der Waals surface area contributed by atoms with Crippen molar-refractivity contribution < 1.29 is 14.3 Å². The molecule has 0 bridgehead atoms. The number of aliphatic hydroxyl groups is 1. The predicted molar refractivity (Wildman–Crippen MR) is 61.0 cm³/mol. The second-order valence-corrected chi connectivity index (χ2v) is 3.76. The summed E-state index contributed by atoms with van der Waals surface area (Å²) in [4.78, 5) is 11.3. The maximum Gasteiger partial charge on any atom is 0.224 e. The largest absolute Gasteiger partial charge is 0.396 e. The molecule has 88 valence electrons. The third-order valence-electron chi connectivity index (χ3n) is 2.02. The van der Waals surface area contributed by atoms with Crippen molar-refractivity contribution in [3.63, 3.8) is 0 Å². The van der Waals surface area contributed by atoms with Crippen molar-refractivity contribution in [3.8, 4) is 0 Å². The quantitative estimate of drug-likeness (QED) is 0.784. The topological polar surface area (TPSA) is 49.3 Å². The van der Waals surface area contributed by atoms with Gasteiger partial charge in [0.15, 0.2) is 0 Å². The molecule has 2 N–H and O–H groups in total. The summed E-state index contributed by atoms with van der Waals surface area (Å²) in [6, 6.07) is 4.10. The zero-order valence-electron chi connectivity index (χ0n) is 8.67. The van der Waals surface area contributed by atoms with Gasteiger partial charge in [-0.25, -0.2) is 4.39 Å². The van der Waals surface area contributed by atoms with Crippen LogP contribution in [0.25, 0.3) is 0 Å². The fourth-order valence-corrected chi connectivity index (χ4v) is 1.31. The average Bonchev–Trinajstić information content (AvgIpc) is 2.24. The molecule has 0 aliphatic rings. The van der Waals surface area contributed by atoms with E-state index >= 15 is 0 Å². The highest BCUT2D eigenvalue weighted by Crippen LogP contribution is 2.18. The van der Waals surface area contributed by atoms with Crippen molar-refractivity contribution in [2.24, 2.45) is 0 Å². The first-order chi connectivity index (χ1) is 7.63. The van der Waals surface area contributed by atoms with Crippen molar-refractivity contribution in [1.29, 1.82) is 0 Å². The third-order valence-corrected chi connectivity index (χ3v) is 2.32. The Kier molecular flexibility index (Phi) is 5.22. The number of halogens is 2. The van der Waals surface area contributed by atoms with E-state index in [0.29, 0.717) is 24.9 Å². The lowest BCUT2D eigenvalue weighted by Gasteiger charge is -2.05. The molecule has 0 unspecified atom stereocenters. The molecule has 0 atom stereocenters. The Bertz CT molecular complexity index is 371. The number of rotatable bonds is 5. The number of carbonyl (C=O) groups excluding carboxylic acids is 1. The van der Waals surface area contributed by atoms with Crippen molar-refractivity contribution in [1.82, 2.24) is 0 Å². The molecular formula is C11H13ClFNO2. The Hall–Kier alpha value is -1.13. The van der Waals surface area contributed by atoms with Gasteiger partial charge in [-0.05, 0) is 31.0 Å². The van der Waals surface area contributed by atoms with Crippen LogP contribution in [0, 0.1) is 5.82 Å². The zero-order valence-corrected chi connectivity index (χ0v) is 9.43. The number of hydrogen-bond acceptors (Lipinski definition) is 2. The van der Waals surface area contributed by atoms with E-state index in [2.05, 4.69) is 5.32 Å². The molecule has 0 heterocycles. The van der Waals surface area contributed by atoms with E-state index < -0.39 is 5.82 Å². The lowest BCUT2D eigenvalue weighted by atomic mass is 10.2. The predicted octanol–water partition coefficient (Wildman–Crippen LogP) is 2.58. The van der Waals surface area contributed by atoms with Gasteiger partial charge in [0.2, 0.25) is 5.91 Å². The minimum atomic E-state index is -0.560. The Morgan fingerprint density at radius 1 is 1.44 bits per heavy atom. The van der Waals surface area contributed by atoms with Crippen molar-refractivity contribution in [2.75, 3.05) is 11.9 Å². The Morgan fingerprint density at radius 2 is 2.19 bits per heavy atom. The van der Waals surface area contributed by atoms with Crippen LogP contribution in [0.2, 0.25) is 5.02 Å². The van der Waals surface area contributed by atoms with E-state index in [0.717, 1.165) is 0 Å². The lowest BCUT2D eigenvalue weighted by Crippen LogP contribution is -2.11. The molecule has 5 heteroatoms. The van der Waals surface area contributed by atoms with Gasteiger partial charge in [0.1, 0.15) is 5.82 Å². The Balaban J connectivity index is 2.46. The smallest absolute Gasteiger partial charge is 0.224 e. The van der Waals surface area contributed by atoms with E-state index in [-0.39, 0.29) is 17.5 Å². The van der Waals surface area contributed by atoms with Crippen molar-refractivity contribution >= 4 is 23.2 Å². The second-order valence-electron chi connectivity index (χ2n) is 3.36. The molecule has 0 aliphatic heterocycles. The molecule has 0 spiro atoms. The van der Waals surface area contributed by atoms with E-state index in [9.17, 15) is 9.18 Å². The summed E-state index contributed by atoms with van der Waals surface area (Å²) in [6.45, 7) is 0.0723. The summed E-state index contributed by atoms with van der Waals surface area (Å²) in [6.07, 6.45) is 1.51. The van der Waals surface area contributed by atoms with Crippen LogP contribution in [0.3, 0.4) is 0 Å². The number of amides is 1. The van der Waals surface area contributed by atoms with E-state index in [1.807, 2.05) is 0 Å². The maximum atomic E-state index is 13.0. The van der Waals surface area contributed by atoms with E-state index in [4.69, 9.17) is 16.7 Å². The first-order valence-electron chi connectivity index (χ1n) is 4.99. The van der Waals surface area contributed by atoms with Crippen LogP contribution >= 0.6 is 11.6 Å². The minimum Gasteiger partial charge on any atom is -0.396 e. The average molecular weight is 246 g/mol. The van der Waals surface area contributed by atoms with E-state index in [1.54, 1.807) is 0 Å². The molecule has 1 aromatic carbocycles. The standard InChI is InChI=1S/C11H13ClFNO2/c12-9-5-4-8(7-10(9)13)14-11(16)3-1-2-6-15/h4-5,7,15H,1-3,6H2,(H,14,16). The summed E-state index contributed by atoms with van der Waals surface area (Å²) in [5, 5.41) is 11.1. The number of carbonyl (C=O) groups is 1. The summed E-state index contributed by atoms with van der Waals surface area (Å²) in [5.74, 6) is -0.759. The molecule has 0 aromatic heterocycles. The SMILES string of the molecule is O=C(CCCCO)Nc1ccc(Cl)c(F)c1. The molecule has 16 heavy (non-hydrogen) atoms. The zero-order chi connectivity index (χ0) is 12.0. The van der Waals surface area contributed by atoms with Crippen LogP contribution < -0.4 is 5.32 Å². The van der Waals surface area contributed by atoms with Gasteiger partial charge in [0, 0.05) is 18.7 Å². The molecule has 0 aliphatic carbocycles. The molecule has 1 amide bonds. The van der Waals surface area contributed by atoms with Gasteiger partial charge in [-0.15, -0.1) is 0 Å². The van der Waals surface area contributed by atoms with Gasteiger partial charge in [0.05, 0.1) is 5.02 Å². The minimum absolute atomic E-state index is 0.0262. The third kappa shape index (κ3) is 4.16. The second kappa shape index (κ2) is 6.45. The summed E-state index contributed by atoms with van der Waals surface area (Å²) >= 11 is 5.50. The van der Waals surface area contributed by atoms with Crippen LogP contribution in [-0.2, 0) is 4.79 Å². The fraction of sp³-hybridized carbons (Fsp3) is 0.364. The van der Waals surface area contributed by atoms with Gasteiger partial charge in [-0.1, -0.05) is 11.6 Å². The number of nitrogens with one attached hydrogen (secondary N) is 1. The summed E-state index contributed by atoms with van der Waals surface area (Å²) in [5.41, 5.74) is 0.385. The number of benzene rings is 1. The number of anilines is 1. The first-order valence-corrected chi connectivity index (χ1v) is 5.37. The van der Waals surface area contributed by atoms with Crippen LogP contribution in [0.4, 0.5) is 10.1 Å². The monoisotopic (exact) mass is 245 g/mol. The van der Waals surface area contributed by atoms with Gasteiger partial charge in [0.25, 0.3) is 0 Å². The molecular weight excluding hydrogens is 233 g/mol. The van der Waals surface area contributed by atoms with Crippen LogP contribution in [0.15, 0.2) is 18.2 Å². The van der Waals surface area contributed by atoms with Crippen LogP contribution in [0.1, 0.15) is 19.3 Å². The number of hydrogen-bond donors (Lipinski definition) is 2. The highest BCUT2D eigenvalue weighted by Gasteiger charge is 2.04. The maximum absolute atomic E-state index is 13.0. The highest BCUT2D eigenvalue weighted by atomic mass is 35.5. The van der Waals surface area contributed by atoms with Crippen molar-refractivity contribution in [2.45, 2.75) is 19.3 Å².